The predicted octanol–water partition coefficient (Wildman–Crippen LogP) is 2.11. The minimum Gasteiger partial charge on any atom is -0.465 e. The molecule has 0 amide bonds. The van der Waals surface area contributed by atoms with Gasteiger partial charge in [0.05, 0.1) is 26.0 Å². The number of methoxy groups -OCH3 is 2. The van der Waals surface area contributed by atoms with Crippen LogP contribution >= 0.6 is 0 Å². The van der Waals surface area contributed by atoms with Gasteiger partial charge in [0.25, 0.3) is 0 Å². The highest BCUT2D eigenvalue weighted by molar-refractivity contribution is 5.96. The van der Waals surface area contributed by atoms with E-state index in [2.05, 4.69) is 9.47 Å². The third kappa shape index (κ3) is 2.00. The number of ether oxygens (including phenoxy) is 2. The van der Waals surface area contributed by atoms with Crippen molar-refractivity contribution < 1.29 is 27.9 Å². The Morgan fingerprint density at radius 3 is 2.50 bits per heavy atom. The van der Waals surface area contributed by atoms with E-state index in [1.807, 2.05) is 0 Å². The lowest BCUT2D eigenvalue weighted by Crippen LogP contribution is -2.00. The highest BCUT2D eigenvalue weighted by Crippen LogP contribution is 2.27. The first-order valence-electron chi connectivity index (χ1n) is 5.00. The van der Waals surface area contributed by atoms with Crippen molar-refractivity contribution in [3.8, 4) is 11.5 Å². The number of hydrogen-bond donors (Lipinski definition) is 0. The summed E-state index contributed by atoms with van der Waals surface area (Å²) in [5, 5.41) is 0. The van der Waals surface area contributed by atoms with Gasteiger partial charge in [0.2, 0.25) is 0 Å². The van der Waals surface area contributed by atoms with Crippen molar-refractivity contribution in [2.75, 3.05) is 14.2 Å². The molecule has 0 aliphatic rings. The molecular formula is C12H10O6. The molecule has 0 aromatic carbocycles. The van der Waals surface area contributed by atoms with E-state index in [4.69, 9.17) is 8.83 Å². The summed E-state index contributed by atoms with van der Waals surface area (Å²) < 4.78 is 19.5. The number of rotatable bonds is 3. The first-order valence-corrected chi connectivity index (χ1v) is 5.00. The summed E-state index contributed by atoms with van der Waals surface area (Å²) in [7, 11) is 2.53. The lowest BCUT2D eigenvalue weighted by molar-refractivity contribution is 0.0591. The van der Waals surface area contributed by atoms with Crippen molar-refractivity contribution in [3.63, 3.8) is 0 Å². The van der Waals surface area contributed by atoms with Gasteiger partial charge in [-0.15, -0.1) is 0 Å². The Labute approximate surface area is 102 Å². The summed E-state index contributed by atoms with van der Waals surface area (Å²) in [4.78, 5) is 22.7. The normalized spacial score (nSPS) is 10.1. The fourth-order valence-corrected chi connectivity index (χ4v) is 1.45. The maximum Gasteiger partial charge on any atom is 0.341 e. The van der Waals surface area contributed by atoms with Crippen molar-refractivity contribution in [2.24, 2.45) is 0 Å². The lowest BCUT2D eigenvalue weighted by atomic mass is 10.2. The van der Waals surface area contributed by atoms with Gasteiger partial charge in [0, 0.05) is 6.07 Å². The summed E-state index contributed by atoms with van der Waals surface area (Å²) >= 11 is 0. The fraction of sp³-hybridized carbons (Fsp3) is 0.167. The van der Waals surface area contributed by atoms with Crippen LogP contribution in [-0.4, -0.2) is 26.2 Å². The fourth-order valence-electron chi connectivity index (χ4n) is 1.45. The van der Waals surface area contributed by atoms with Crippen molar-refractivity contribution in [1.82, 2.24) is 0 Å². The standard InChI is InChI=1S/C12H10O6/c1-15-11(13)7-5-9(18-6-7)10-8(3-4-17-10)12(14)16-2/h3-6H,1-2H3. The van der Waals surface area contributed by atoms with Crippen LogP contribution in [-0.2, 0) is 9.47 Å². The molecule has 0 radical (unpaired) electrons. The SMILES string of the molecule is COC(=O)c1coc(-c2occc2C(=O)OC)c1. The van der Waals surface area contributed by atoms with Gasteiger partial charge >= 0.3 is 11.9 Å². The van der Waals surface area contributed by atoms with Crippen LogP contribution in [0.25, 0.3) is 11.5 Å². The predicted molar refractivity (Wildman–Crippen MR) is 59.1 cm³/mol. The molecule has 2 rings (SSSR count). The van der Waals surface area contributed by atoms with Gasteiger partial charge in [-0.3, -0.25) is 0 Å². The van der Waals surface area contributed by atoms with Gasteiger partial charge in [0.15, 0.2) is 11.5 Å². The second kappa shape index (κ2) is 4.79. The van der Waals surface area contributed by atoms with Gasteiger partial charge in [-0.05, 0) is 6.07 Å². The largest absolute Gasteiger partial charge is 0.465 e. The molecule has 0 spiro atoms. The van der Waals surface area contributed by atoms with Gasteiger partial charge < -0.3 is 18.3 Å². The van der Waals surface area contributed by atoms with Gasteiger partial charge in [0.1, 0.15) is 11.8 Å². The molecule has 2 aromatic rings. The molecule has 0 unspecified atom stereocenters. The highest BCUT2D eigenvalue weighted by atomic mass is 16.5. The number of carbonyl (C=O) groups excluding carboxylic acids is 2. The minimum absolute atomic E-state index is 0.206. The topological polar surface area (TPSA) is 78.9 Å². The summed E-state index contributed by atoms with van der Waals surface area (Å²) in [5.74, 6) is -0.622. The third-order valence-corrected chi connectivity index (χ3v) is 2.31. The highest BCUT2D eigenvalue weighted by Gasteiger charge is 2.21. The molecule has 94 valence electrons. The van der Waals surface area contributed by atoms with E-state index in [0.29, 0.717) is 0 Å². The molecule has 2 aromatic heterocycles. The zero-order valence-electron chi connectivity index (χ0n) is 9.76. The Morgan fingerprint density at radius 1 is 1.11 bits per heavy atom. The van der Waals surface area contributed by atoms with Gasteiger partial charge in [-0.2, -0.15) is 0 Å². The molecule has 0 saturated carbocycles. The average Bonchev–Trinajstić information content (AvgIpc) is 3.04. The van der Waals surface area contributed by atoms with E-state index >= 15 is 0 Å². The number of furan rings is 2. The van der Waals surface area contributed by atoms with Crippen molar-refractivity contribution in [1.29, 1.82) is 0 Å². The second-order valence-corrected chi connectivity index (χ2v) is 3.35. The maximum absolute atomic E-state index is 11.5. The summed E-state index contributed by atoms with van der Waals surface area (Å²) in [5.41, 5.74) is 0.461. The molecule has 0 N–H and O–H groups in total. The lowest BCUT2D eigenvalue weighted by Gasteiger charge is -1.97. The van der Waals surface area contributed by atoms with E-state index in [1.54, 1.807) is 0 Å². The maximum atomic E-state index is 11.5. The van der Waals surface area contributed by atoms with Crippen LogP contribution in [0.3, 0.4) is 0 Å². The molecular weight excluding hydrogens is 240 g/mol. The van der Waals surface area contributed by atoms with Crippen LogP contribution in [0, 0.1) is 0 Å². The van der Waals surface area contributed by atoms with Crippen LogP contribution in [0.5, 0.6) is 0 Å². The third-order valence-electron chi connectivity index (χ3n) is 2.31. The molecule has 6 nitrogen and oxygen atoms in total. The summed E-state index contributed by atoms with van der Waals surface area (Å²) in [6.45, 7) is 0. The zero-order valence-corrected chi connectivity index (χ0v) is 9.76. The molecule has 0 aliphatic heterocycles. The molecule has 0 fully saturated rings. The Morgan fingerprint density at radius 2 is 1.83 bits per heavy atom. The number of hydrogen-bond acceptors (Lipinski definition) is 6. The molecule has 6 heteroatoms. The van der Waals surface area contributed by atoms with Crippen LogP contribution in [0.1, 0.15) is 20.7 Å². The molecule has 2 heterocycles. The molecule has 0 saturated heterocycles. The van der Waals surface area contributed by atoms with Crippen molar-refractivity contribution >= 4 is 11.9 Å². The van der Waals surface area contributed by atoms with E-state index in [0.717, 1.165) is 0 Å². The van der Waals surface area contributed by atoms with Crippen molar-refractivity contribution in [3.05, 3.63) is 35.8 Å². The van der Waals surface area contributed by atoms with E-state index in [-0.39, 0.29) is 22.6 Å². The van der Waals surface area contributed by atoms with E-state index in [1.165, 1.54) is 38.9 Å². The van der Waals surface area contributed by atoms with Crippen LogP contribution in [0.2, 0.25) is 0 Å². The molecule has 0 aliphatic carbocycles. The van der Waals surface area contributed by atoms with Crippen LogP contribution < -0.4 is 0 Å². The van der Waals surface area contributed by atoms with Crippen molar-refractivity contribution in [2.45, 2.75) is 0 Å². The Bertz CT molecular complexity index is 577. The van der Waals surface area contributed by atoms with Crippen LogP contribution in [0.4, 0.5) is 0 Å². The molecule has 0 bridgehead atoms. The smallest absolute Gasteiger partial charge is 0.341 e. The number of esters is 2. The Kier molecular flexibility index (Phi) is 3.18. The Hall–Kier alpha value is -2.50. The first-order chi connectivity index (χ1) is 8.67. The molecule has 0 atom stereocenters. The minimum atomic E-state index is -0.547. The summed E-state index contributed by atoms with van der Waals surface area (Å²) in [6.07, 6.45) is 2.56. The summed E-state index contributed by atoms with van der Waals surface area (Å²) in [6, 6.07) is 2.89. The quantitative estimate of drug-likeness (QED) is 0.776. The van der Waals surface area contributed by atoms with Gasteiger partial charge in [-0.1, -0.05) is 0 Å². The van der Waals surface area contributed by atoms with E-state index in [9.17, 15) is 9.59 Å². The number of carbonyl (C=O) groups is 2. The van der Waals surface area contributed by atoms with Gasteiger partial charge in [-0.25, -0.2) is 9.59 Å². The molecule has 18 heavy (non-hydrogen) atoms. The second-order valence-electron chi connectivity index (χ2n) is 3.35. The van der Waals surface area contributed by atoms with E-state index < -0.39 is 11.9 Å². The zero-order chi connectivity index (χ0) is 13.1. The first kappa shape index (κ1) is 12.0. The van der Waals surface area contributed by atoms with Crippen LogP contribution in [0.15, 0.2) is 33.5 Å². The average molecular weight is 250 g/mol. The monoisotopic (exact) mass is 250 g/mol. The Balaban J connectivity index is 2.38.